The molecule has 2 aromatic heterocycles. The van der Waals surface area contributed by atoms with Crippen LogP contribution in [0.4, 0.5) is 15.2 Å². The first-order valence-electron chi connectivity index (χ1n) is 11.3. The minimum Gasteiger partial charge on any atom is -0.342 e. The van der Waals surface area contributed by atoms with Crippen LogP contribution in [0.1, 0.15) is 44.8 Å². The molecule has 0 aliphatic carbocycles. The van der Waals surface area contributed by atoms with E-state index in [9.17, 15) is 14.0 Å². The molecule has 2 aromatic carbocycles. The van der Waals surface area contributed by atoms with Crippen LogP contribution in [0, 0.1) is 11.7 Å². The van der Waals surface area contributed by atoms with E-state index in [-0.39, 0.29) is 29.5 Å². The summed E-state index contributed by atoms with van der Waals surface area (Å²) in [5.41, 5.74) is 2.39. The summed E-state index contributed by atoms with van der Waals surface area (Å²) in [6.45, 7) is 5.48. The van der Waals surface area contributed by atoms with Gasteiger partial charge in [0, 0.05) is 18.4 Å². The molecular weight excluding hydrogens is 465 g/mol. The smallest absolute Gasteiger partial charge is 0.244 e. The molecule has 0 aliphatic heterocycles. The van der Waals surface area contributed by atoms with Gasteiger partial charge in [-0.1, -0.05) is 44.5 Å². The third-order valence-electron chi connectivity index (χ3n) is 5.73. The number of halogens is 1. The molecule has 0 spiro atoms. The summed E-state index contributed by atoms with van der Waals surface area (Å²) in [6, 6.07) is 13.5. The minimum absolute atomic E-state index is 0.129. The molecule has 0 radical (unpaired) electrons. The van der Waals surface area contributed by atoms with Crippen LogP contribution >= 0.6 is 11.3 Å². The van der Waals surface area contributed by atoms with E-state index < -0.39 is 5.82 Å². The van der Waals surface area contributed by atoms with Crippen molar-refractivity contribution in [1.82, 2.24) is 20.3 Å². The lowest BCUT2D eigenvalue weighted by atomic mass is 9.98. The molecule has 0 fully saturated rings. The molecule has 0 saturated heterocycles. The molecular formula is C26H26FN5O2S. The van der Waals surface area contributed by atoms with Gasteiger partial charge in [-0.2, -0.15) is 0 Å². The summed E-state index contributed by atoms with van der Waals surface area (Å²) >= 11 is 1.19. The number of para-hydroxylation sites is 3. The number of imidazole rings is 1. The Labute approximate surface area is 206 Å². The Morgan fingerprint density at radius 2 is 1.91 bits per heavy atom. The monoisotopic (exact) mass is 491 g/mol. The molecule has 4 aromatic rings. The van der Waals surface area contributed by atoms with Crippen LogP contribution in [0.2, 0.25) is 0 Å². The molecule has 2 heterocycles. The summed E-state index contributed by atoms with van der Waals surface area (Å²) in [5.74, 6) is -0.303. The van der Waals surface area contributed by atoms with Gasteiger partial charge >= 0.3 is 0 Å². The van der Waals surface area contributed by atoms with Crippen molar-refractivity contribution in [2.24, 2.45) is 5.92 Å². The number of benzene rings is 2. The highest BCUT2D eigenvalue weighted by Crippen LogP contribution is 2.31. The van der Waals surface area contributed by atoms with Crippen molar-refractivity contribution in [2.75, 3.05) is 4.90 Å². The van der Waals surface area contributed by atoms with Crippen LogP contribution in [0.3, 0.4) is 0 Å². The molecule has 180 valence electrons. The number of fused-ring (bicyclic) bond motifs is 1. The van der Waals surface area contributed by atoms with Crippen molar-refractivity contribution < 1.29 is 14.0 Å². The molecule has 0 bridgehead atoms. The molecule has 9 heteroatoms. The number of carbonyl (C=O) groups is 2. The van der Waals surface area contributed by atoms with E-state index in [1.807, 2.05) is 24.3 Å². The molecule has 2 unspecified atom stereocenters. The summed E-state index contributed by atoms with van der Waals surface area (Å²) in [5, 5.41) is 5.07. The average molecular weight is 492 g/mol. The van der Waals surface area contributed by atoms with Crippen molar-refractivity contribution in [1.29, 1.82) is 0 Å². The molecule has 35 heavy (non-hydrogen) atoms. The molecule has 2 atom stereocenters. The maximum absolute atomic E-state index is 14.3. The van der Waals surface area contributed by atoms with Gasteiger partial charge in [0.15, 0.2) is 5.13 Å². The number of aromatic nitrogens is 3. The van der Waals surface area contributed by atoms with E-state index in [1.54, 1.807) is 23.6 Å². The zero-order valence-corrected chi connectivity index (χ0v) is 20.5. The summed E-state index contributed by atoms with van der Waals surface area (Å²) in [6.07, 6.45) is 3.83. The van der Waals surface area contributed by atoms with Crippen molar-refractivity contribution in [3.8, 4) is 0 Å². The lowest BCUT2D eigenvalue weighted by Crippen LogP contribution is -2.32. The van der Waals surface area contributed by atoms with Crippen LogP contribution in [-0.2, 0) is 9.59 Å². The van der Waals surface area contributed by atoms with Crippen LogP contribution in [0.15, 0.2) is 60.0 Å². The first-order chi connectivity index (χ1) is 16.9. The van der Waals surface area contributed by atoms with Crippen molar-refractivity contribution in [3.63, 3.8) is 0 Å². The zero-order valence-electron chi connectivity index (χ0n) is 19.7. The van der Waals surface area contributed by atoms with Gasteiger partial charge in [-0.3, -0.25) is 14.5 Å². The molecule has 0 aliphatic rings. The zero-order chi connectivity index (χ0) is 24.9. The van der Waals surface area contributed by atoms with Crippen LogP contribution in [0.5, 0.6) is 0 Å². The summed E-state index contributed by atoms with van der Waals surface area (Å²) < 4.78 is 14.3. The summed E-state index contributed by atoms with van der Waals surface area (Å²) in [4.78, 5) is 38.6. The fourth-order valence-corrected chi connectivity index (χ4v) is 4.54. The van der Waals surface area contributed by atoms with Crippen LogP contribution in [0.25, 0.3) is 17.1 Å². The number of amides is 2. The number of carbonyl (C=O) groups excluding carboxylic acids is 2. The molecule has 4 rings (SSSR count). The average Bonchev–Trinajstić information content (AvgIpc) is 3.49. The number of nitrogens with zero attached hydrogens (tertiary/aromatic N) is 3. The van der Waals surface area contributed by atoms with Gasteiger partial charge in [0.25, 0.3) is 0 Å². The minimum atomic E-state index is -0.518. The second-order valence-corrected chi connectivity index (χ2v) is 9.04. The lowest BCUT2D eigenvalue weighted by Gasteiger charge is -2.21. The number of thiazole rings is 1. The molecule has 2 amide bonds. The van der Waals surface area contributed by atoms with Crippen molar-refractivity contribution in [2.45, 2.75) is 33.2 Å². The summed E-state index contributed by atoms with van der Waals surface area (Å²) in [7, 11) is 0. The Hall–Kier alpha value is -3.85. The van der Waals surface area contributed by atoms with E-state index >= 15 is 0 Å². The fourth-order valence-electron chi connectivity index (χ4n) is 3.69. The van der Waals surface area contributed by atoms with E-state index in [2.05, 4.69) is 34.1 Å². The van der Waals surface area contributed by atoms with Crippen LogP contribution in [-0.4, -0.2) is 26.8 Å². The highest BCUT2D eigenvalue weighted by molar-refractivity contribution is 7.14. The predicted octanol–water partition coefficient (Wildman–Crippen LogP) is 5.76. The van der Waals surface area contributed by atoms with E-state index in [0.717, 1.165) is 17.5 Å². The Morgan fingerprint density at radius 1 is 1.17 bits per heavy atom. The van der Waals surface area contributed by atoms with Crippen molar-refractivity contribution in [3.05, 3.63) is 77.3 Å². The highest BCUT2D eigenvalue weighted by atomic mass is 32.1. The van der Waals surface area contributed by atoms with Gasteiger partial charge in [0.05, 0.1) is 28.5 Å². The largest absolute Gasteiger partial charge is 0.342 e. The second-order valence-electron chi connectivity index (χ2n) is 8.21. The highest BCUT2D eigenvalue weighted by Gasteiger charge is 2.23. The Bertz CT molecular complexity index is 1350. The van der Waals surface area contributed by atoms with E-state index in [1.165, 1.54) is 41.4 Å². The number of anilines is 2. The Kier molecular flexibility index (Phi) is 7.36. The van der Waals surface area contributed by atoms with Crippen molar-refractivity contribution >= 4 is 51.1 Å². The van der Waals surface area contributed by atoms with Gasteiger partial charge < -0.3 is 10.3 Å². The molecule has 7 nitrogen and oxygen atoms in total. The number of hydrogen-bond donors (Lipinski definition) is 2. The van der Waals surface area contributed by atoms with Crippen LogP contribution < -0.4 is 10.2 Å². The second kappa shape index (κ2) is 10.6. The number of H-pyrrole nitrogens is 1. The number of hydrogen-bond acceptors (Lipinski definition) is 5. The third-order valence-corrected chi connectivity index (χ3v) is 6.57. The third kappa shape index (κ3) is 5.46. The first-order valence-corrected chi connectivity index (χ1v) is 12.2. The number of aromatic amines is 1. The fraction of sp³-hybridized carbons (Fsp3) is 0.231. The van der Waals surface area contributed by atoms with Gasteiger partial charge in [-0.25, -0.2) is 14.4 Å². The standard InChI is InChI=1S/C26H26FN5O2S/c1-4-16(2)24(25-29-20-10-6-7-11-21(20)30-25)31-23(34)14-13-18-15-35-26(28-18)32(17(3)33)22-12-8-5-9-19(22)27/h5-16,24H,4H2,1-3H3,(H,29,30)(H,31,34)/b14-13+. The first kappa shape index (κ1) is 24.3. The number of rotatable bonds is 8. The van der Waals surface area contributed by atoms with Gasteiger partial charge in [0.2, 0.25) is 11.8 Å². The SMILES string of the molecule is CCC(C)C(NC(=O)/C=C/c1csc(N(C(C)=O)c2ccccc2F)n1)c1nc2ccccc2[nH]1. The van der Waals surface area contributed by atoms with Gasteiger partial charge in [-0.05, 0) is 36.3 Å². The van der Waals surface area contributed by atoms with Gasteiger partial charge in [-0.15, -0.1) is 11.3 Å². The lowest BCUT2D eigenvalue weighted by molar-refractivity contribution is -0.117. The quantitative estimate of drug-likeness (QED) is 0.307. The van der Waals surface area contributed by atoms with E-state index in [0.29, 0.717) is 16.6 Å². The number of nitrogens with one attached hydrogen (secondary N) is 2. The molecule has 0 saturated carbocycles. The maximum atomic E-state index is 14.3. The topological polar surface area (TPSA) is 91.0 Å². The van der Waals surface area contributed by atoms with Gasteiger partial charge in [0.1, 0.15) is 11.6 Å². The molecule has 2 N–H and O–H groups in total. The normalized spacial score (nSPS) is 13.1. The predicted molar refractivity (Wildman–Crippen MR) is 137 cm³/mol. The van der Waals surface area contributed by atoms with E-state index in [4.69, 9.17) is 0 Å². The maximum Gasteiger partial charge on any atom is 0.244 e. The Morgan fingerprint density at radius 3 is 2.63 bits per heavy atom. The Balaban J connectivity index is 1.51.